The summed E-state index contributed by atoms with van der Waals surface area (Å²) in [4.78, 5) is 28.7. The molecule has 3 rings (SSSR count). The van der Waals surface area contributed by atoms with Gasteiger partial charge in [0.25, 0.3) is 11.8 Å². The van der Waals surface area contributed by atoms with Crippen LogP contribution in [0.2, 0.25) is 0 Å². The van der Waals surface area contributed by atoms with Crippen molar-refractivity contribution in [1.82, 2.24) is 9.80 Å². The van der Waals surface area contributed by atoms with E-state index in [2.05, 4.69) is 22.6 Å². The van der Waals surface area contributed by atoms with Crippen molar-refractivity contribution in [3.8, 4) is 5.75 Å². The quantitative estimate of drug-likeness (QED) is 0.717. The maximum absolute atomic E-state index is 12.8. The van der Waals surface area contributed by atoms with Crippen molar-refractivity contribution in [2.24, 2.45) is 0 Å². The normalized spacial score (nSPS) is 14.5. The molecule has 0 spiro atoms. The number of piperazine rings is 1. The number of para-hydroxylation sites is 1. The fraction of sp³-hybridized carbons (Fsp3) is 0.263. The van der Waals surface area contributed by atoms with Gasteiger partial charge < -0.3 is 14.9 Å². The minimum Gasteiger partial charge on any atom is -0.507 e. The zero-order valence-corrected chi connectivity index (χ0v) is 16.1. The van der Waals surface area contributed by atoms with Crippen molar-refractivity contribution in [2.75, 3.05) is 26.2 Å². The number of aromatic hydroxyl groups is 1. The molecule has 1 saturated heterocycles. The van der Waals surface area contributed by atoms with Crippen molar-refractivity contribution < 1.29 is 14.7 Å². The van der Waals surface area contributed by atoms with Crippen LogP contribution < -0.4 is 0 Å². The van der Waals surface area contributed by atoms with E-state index in [0.717, 1.165) is 9.13 Å². The number of rotatable bonds is 2. The first-order valence-corrected chi connectivity index (χ1v) is 9.18. The van der Waals surface area contributed by atoms with Gasteiger partial charge in [0, 0.05) is 29.7 Å². The van der Waals surface area contributed by atoms with Crippen LogP contribution in [0.5, 0.6) is 5.75 Å². The molecule has 2 aromatic carbocycles. The summed E-state index contributed by atoms with van der Waals surface area (Å²) in [6.07, 6.45) is 0. The van der Waals surface area contributed by atoms with Crippen LogP contribution in [0.15, 0.2) is 42.5 Å². The Balaban J connectivity index is 1.68. The highest BCUT2D eigenvalue weighted by Crippen LogP contribution is 2.21. The molecule has 6 heteroatoms. The van der Waals surface area contributed by atoms with Gasteiger partial charge in [-0.2, -0.15) is 0 Å². The number of carbonyl (C=O) groups excluding carboxylic acids is 2. The molecule has 1 aliphatic rings. The lowest BCUT2D eigenvalue weighted by atomic mass is 10.1. The van der Waals surface area contributed by atoms with Crippen LogP contribution in [0.1, 0.15) is 26.3 Å². The molecule has 2 aromatic rings. The SMILES string of the molecule is Cc1cccc(C(=O)N2CCN(C(=O)c3ccccc3O)CC2)c1I. The second kappa shape index (κ2) is 7.43. The Bertz CT molecular complexity index is 814. The molecule has 1 N–H and O–H groups in total. The van der Waals surface area contributed by atoms with Crippen LogP contribution in [-0.2, 0) is 0 Å². The van der Waals surface area contributed by atoms with E-state index >= 15 is 0 Å². The Labute approximate surface area is 160 Å². The van der Waals surface area contributed by atoms with Crippen molar-refractivity contribution in [3.63, 3.8) is 0 Å². The zero-order chi connectivity index (χ0) is 18.0. The maximum Gasteiger partial charge on any atom is 0.257 e. The largest absolute Gasteiger partial charge is 0.507 e. The highest BCUT2D eigenvalue weighted by Gasteiger charge is 2.27. The number of nitrogens with zero attached hydrogens (tertiary/aromatic N) is 2. The number of carbonyl (C=O) groups is 2. The lowest BCUT2D eigenvalue weighted by molar-refractivity contribution is 0.0533. The van der Waals surface area contributed by atoms with Crippen LogP contribution in [0.25, 0.3) is 0 Å². The third kappa shape index (κ3) is 3.63. The van der Waals surface area contributed by atoms with E-state index in [1.165, 1.54) is 6.07 Å². The molecule has 0 saturated carbocycles. The molecule has 0 aromatic heterocycles. The monoisotopic (exact) mass is 450 g/mol. The number of hydrogen-bond acceptors (Lipinski definition) is 3. The van der Waals surface area contributed by atoms with E-state index in [0.29, 0.717) is 37.3 Å². The molecule has 2 amide bonds. The molecule has 130 valence electrons. The van der Waals surface area contributed by atoms with Gasteiger partial charge in [-0.15, -0.1) is 0 Å². The standard InChI is InChI=1S/C19H19IN2O3/c1-13-5-4-7-15(17(13)20)19(25)22-11-9-21(10-12-22)18(24)14-6-2-3-8-16(14)23/h2-8,23H,9-12H2,1H3. The summed E-state index contributed by atoms with van der Waals surface area (Å²) in [5, 5.41) is 9.84. The minimum atomic E-state index is -0.199. The average molecular weight is 450 g/mol. The van der Waals surface area contributed by atoms with Crippen molar-refractivity contribution in [2.45, 2.75) is 6.92 Å². The van der Waals surface area contributed by atoms with Gasteiger partial charge in [-0.25, -0.2) is 0 Å². The third-order valence-electron chi connectivity index (χ3n) is 4.41. The molecule has 0 aliphatic carbocycles. The van der Waals surface area contributed by atoms with Gasteiger partial charge in [0.2, 0.25) is 0 Å². The molecule has 0 atom stereocenters. The van der Waals surface area contributed by atoms with Gasteiger partial charge in [-0.1, -0.05) is 24.3 Å². The highest BCUT2D eigenvalue weighted by molar-refractivity contribution is 14.1. The number of aryl methyl sites for hydroxylation is 1. The number of amides is 2. The Kier molecular flexibility index (Phi) is 5.27. The predicted molar refractivity (Wildman–Crippen MR) is 104 cm³/mol. The van der Waals surface area contributed by atoms with Gasteiger partial charge in [-0.05, 0) is 53.3 Å². The summed E-state index contributed by atoms with van der Waals surface area (Å²) >= 11 is 2.20. The Morgan fingerprint density at radius 3 is 2.00 bits per heavy atom. The maximum atomic E-state index is 12.8. The highest BCUT2D eigenvalue weighted by atomic mass is 127. The molecule has 25 heavy (non-hydrogen) atoms. The van der Waals surface area contributed by atoms with Crippen LogP contribution in [0.4, 0.5) is 0 Å². The average Bonchev–Trinajstić information content (AvgIpc) is 2.63. The molecule has 0 radical (unpaired) electrons. The van der Waals surface area contributed by atoms with Gasteiger partial charge in [0.15, 0.2) is 0 Å². The molecular formula is C19H19IN2O3. The molecule has 1 heterocycles. The first-order valence-electron chi connectivity index (χ1n) is 8.10. The molecule has 5 nitrogen and oxygen atoms in total. The van der Waals surface area contributed by atoms with Crippen LogP contribution in [-0.4, -0.2) is 52.9 Å². The van der Waals surface area contributed by atoms with Gasteiger partial charge in [-0.3, -0.25) is 9.59 Å². The Hall–Kier alpha value is -2.09. The van der Waals surface area contributed by atoms with E-state index in [1.807, 2.05) is 25.1 Å². The lowest BCUT2D eigenvalue weighted by Crippen LogP contribution is -2.50. The number of phenols is 1. The predicted octanol–water partition coefficient (Wildman–Crippen LogP) is 2.90. The first kappa shape index (κ1) is 17.7. The first-order chi connectivity index (χ1) is 12.0. The summed E-state index contributed by atoms with van der Waals surface area (Å²) in [5.74, 6) is -0.210. The number of hydrogen-bond donors (Lipinski definition) is 1. The van der Waals surface area contributed by atoms with Gasteiger partial charge in [0.1, 0.15) is 5.75 Å². The fourth-order valence-electron chi connectivity index (χ4n) is 2.92. The second-order valence-electron chi connectivity index (χ2n) is 6.04. The molecule has 1 aliphatic heterocycles. The Morgan fingerprint density at radius 1 is 0.880 bits per heavy atom. The lowest BCUT2D eigenvalue weighted by Gasteiger charge is -2.35. The van der Waals surface area contributed by atoms with E-state index < -0.39 is 0 Å². The van der Waals surface area contributed by atoms with Crippen LogP contribution >= 0.6 is 22.6 Å². The summed E-state index contributed by atoms with van der Waals surface area (Å²) in [6.45, 7) is 3.88. The number of phenolic OH excluding ortho intramolecular Hbond substituents is 1. The summed E-state index contributed by atoms with van der Waals surface area (Å²) in [6, 6.07) is 12.3. The number of benzene rings is 2. The molecular weight excluding hydrogens is 431 g/mol. The van der Waals surface area contributed by atoms with E-state index in [9.17, 15) is 14.7 Å². The summed E-state index contributed by atoms with van der Waals surface area (Å²) < 4.78 is 0.970. The second-order valence-corrected chi connectivity index (χ2v) is 7.12. The topological polar surface area (TPSA) is 60.9 Å². The third-order valence-corrected chi connectivity index (χ3v) is 5.84. The fourth-order valence-corrected chi connectivity index (χ4v) is 3.51. The van der Waals surface area contributed by atoms with Crippen LogP contribution in [0.3, 0.4) is 0 Å². The van der Waals surface area contributed by atoms with E-state index in [4.69, 9.17) is 0 Å². The van der Waals surface area contributed by atoms with E-state index in [1.54, 1.807) is 28.0 Å². The molecule has 1 fully saturated rings. The minimum absolute atomic E-state index is 0.00255. The van der Waals surface area contributed by atoms with Crippen LogP contribution in [0, 0.1) is 10.5 Å². The van der Waals surface area contributed by atoms with Gasteiger partial charge in [0.05, 0.1) is 11.1 Å². The zero-order valence-electron chi connectivity index (χ0n) is 13.9. The smallest absolute Gasteiger partial charge is 0.257 e. The molecule has 0 unspecified atom stereocenters. The molecule has 0 bridgehead atoms. The van der Waals surface area contributed by atoms with E-state index in [-0.39, 0.29) is 17.6 Å². The Morgan fingerprint density at radius 2 is 1.40 bits per heavy atom. The van der Waals surface area contributed by atoms with Crippen molar-refractivity contribution in [1.29, 1.82) is 0 Å². The number of halogens is 1. The van der Waals surface area contributed by atoms with Crippen molar-refractivity contribution in [3.05, 3.63) is 62.7 Å². The summed E-state index contributed by atoms with van der Waals surface area (Å²) in [5.41, 5.74) is 2.09. The van der Waals surface area contributed by atoms with Gasteiger partial charge >= 0.3 is 0 Å². The summed E-state index contributed by atoms with van der Waals surface area (Å²) in [7, 11) is 0. The van der Waals surface area contributed by atoms with Crippen molar-refractivity contribution >= 4 is 34.4 Å².